The Balaban J connectivity index is 2.03. The molecule has 0 aliphatic heterocycles. The monoisotopic (exact) mass is 270 g/mol. The van der Waals surface area contributed by atoms with Crippen LogP contribution in [-0.2, 0) is 6.42 Å². The van der Waals surface area contributed by atoms with Crippen LogP contribution in [0.3, 0.4) is 0 Å². The third-order valence-corrected chi connectivity index (χ3v) is 3.74. The van der Waals surface area contributed by atoms with Crippen molar-refractivity contribution in [2.24, 2.45) is 5.92 Å². The van der Waals surface area contributed by atoms with E-state index in [4.69, 9.17) is 0 Å². The fourth-order valence-corrected chi connectivity index (χ4v) is 2.72. The number of benzene rings is 1. The molecule has 0 saturated heterocycles. The Bertz CT molecular complexity index is 329. The van der Waals surface area contributed by atoms with Crippen LogP contribution in [0.1, 0.15) is 37.7 Å². The van der Waals surface area contributed by atoms with Crippen LogP contribution in [0, 0.1) is 11.7 Å². The van der Waals surface area contributed by atoms with Gasteiger partial charge in [-0.3, -0.25) is 0 Å². The van der Waals surface area contributed by atoms with Crippen molar-refractivity contribution in [2.45, 2.75) is 38.5 Å². The third kappa shape index (κ3) is 3.04. The van der Waals surface area contributed by atoms with Crippen molar-refractivity contribution < 1.29 is 4.39 Å². The summed E-state index contributed by atoms with van der Waals surface area (Å²) >= 11 is 3.28. The third-order valence-electron chi connectivity index (χ3n) is 3.25. The molecular weight excluding hydrogens is 255 g/mol. The molecule has 0 unspecified atom stereocenters. The van der Waals surface area contributed by atoms with Gasteiger partial charge in [-0.15, -0.1) is 0 Å². The molecule has 82 valence electrons. The van der Waals surface area contributed by atoms with Gasteiger partial charge in [0.15, 0.2) is 0 Å². The molecule has 0 radical (unpaired) electrons. The van der Waals surface area contributed by atoms with E-state index in [2.05, 4.69) is 15.9 Å². The molecule has 0 heterocycles. The molecule has 1 fully saturated rings. The molecule has 0 amide bonds. The molecule has 2 rings (SSSR count). The van der Waals surface area contributed by atoms with Gasteiger partial charge in [0, 0.05) is 4.47 Å². The SMILES string of the molecule is Fc1cc(Br)ccc1CC1CCCCC1. The lowest BCUT2D eigenvalue weighted by molar-refractivity contribution is 0.353. The Morgan fingerprint density at radius 3 is 2.60 bits per heavy atom. The van der Waals surface area contributed by atoms with Gasteiger partial charge in [0.25, 0.3) is 0 Å². The van der Waals surface area contributed by atoms with E-state index in [0.29, 0.717) is 5.92 Å². The summed E-state index contributed by atoms with van der Waals surface area (Å²) < 4.78 is 14.4. The van der Waals surface area contributed by atoms with Gasteiger partial charge in [-0.2, -0.15) is 0 Å². The minimum atomic E-state index is -0.0602. The quantitative estimate of drug-likeness (QED) is 0.730. The minimum Gasteiger partial charge on any atom is -0.207 e. The normalized spacial score (nSPS) is 18.0. The number of rotatable bonds is 2. The van der Waals surface area contributed by atoms with Gasteiger partial charge in [0.1, 0.15) is 5.82 Å². The maximum atomic E-state index is 13.6. The molecule has 1 aliphatic carbocycles. The number of hydrogen-bond acceptors (Lipinski definition) is 0. The average molecular weight is 271 g/mol. The Kier molecular flexibility index (Phi) is 3.79. The molecule has 1 saturated carbocycles. The van der Waals surface area contributed by atoms with Crippen molar-refractivity contribution in [1.82, 2.24) is 0 Å². The topological polar surface area (TPSA) is 0 Å². The predicted octanol–water partition coefficient (Wildman–Crippen LogP) is 4.71. The van der Waals surface area contributed by atoms with Gasteiger partial charge in [0.05, 0.1) is 0 Å². The minimum absolute atomic E-state index is 0.0602. The highest BCUT2D eigenvalue weighted by molar-refractivity contribution is 9.10. The molecule has 15 heavy (non-hydrogen) atoms. The standard InChI is InChI=1S/C13H16BrF/c14-12-7-6-11(13(15)9-12)8-10-4-2-1-3-5-10/h6-7,9-10H,1-5,8H2. The average Bonchev–Trinajstić information content (AvgIpc) is 2.24. The highest BCUT2D eigenvalue weighted by Gasteiger charge is 2.15. The molecule has 0 nitrogen and oxygen atoms in total. The van der Waals surface area contributed by atoms with Gasteiger partial charge in [-0.1, -0.05) is 54.1 Å². The summed E-state index contributed by atoms with van der Waals surface area (Å²) in [6.45, 7) is 0. The van der Waals surface area contributed by atoms with E-state index in [9.17, 15) is 4.39 Å². The number of halogens is 2. The van der Waals surface area contributed by atoms with Crippen LogP contribution >= 0.6 is 15.9 Å². The Morgan fingerprint density at radius 1 is 1.20 bits per heavy atom. The zero-order valence-corrected chi connectivity index (χ0v) is 10.4. The van der Waals surface area contributed by atoms with E-state index in [-0.39, 0.29) is 5.82 Å². The van der Waals surface area contributed by atoms with Crippen LogP contribution in [0.2, 0.25) is 0 Å². The lowest BCUT2D eigenvalue weighted by Crippen LogP contribution is -2.10. The van der Waals surface area contributed by atoms with Gasteiger partial charge >= 0.3 is 0 Å². The molecule has 1 aromatic carbocycles. The molecule has 1 aromatic rings. The van der Waals surface area contributed by atoms with Crippen LogP contribution in [0.5, 0.6) is 0 Å². The van der Waals surface area contributed by atoms with E-state index in [0.717, 1.165) is 16.5 Å². The lowest BCUT2D eigenvalue weighted by atomic mass is 9.85. The first-order chi connectivity index (χ1) is 7.25. The summed E-state index contributed by atoms with van der Waals surface area (Å²) in [5.41, 5.74) is 0.880. The van der Waals surface area contributed by atoms with E-state index < -0.39 is 0 Å². The zero-order valence-electron chi connectivity index (χ0n) is 8.81. The maximum absolute atomic E-state index is 13.6. The fourth-order valence-electron chi connectivity index (χ4n) is 2.39. The van der Waals surface area contributed by atoms with Crippen molar-refractivity contribution in [3.05, 3.63) is 34.1 Å². The first kappa shape index (κ1) is 11.1. The fraction of sp³-hybridized carbons (Fsp3) is 0.538. The second-order valence-corrected chi connectivity index (χ2v) is 5.36. The Morgan fingerprint density at radius 2 is 1.93 bits per heavy atom. The molecule has 0 atom stereocenters. The van der Waals surface area contributed by atoms with Crippen LogP contribution in [0.15, 0.2) is 22.7 Å². The van der Waals surface area contributed by atoms with Gasteiger partial charge in [-0.25, -0.2) is 4.39 Å². The van der Waals surface area contributed by atoms with Gasteiger partial charge < -0.3 is 0 Å². The summed E-state index contributed by atoms with van der Waals surface area (Å²) in [6, 6.07) is 5.41. The highest BCUT2D eigenvalue weighted by atomic mass is 79.9. The van der Waals surface area contributed by atoms with Crippen molar-refractivity contribution in [3.8, 4) is 0 Å². The maximum Gasteiger partial charge on any atom is 0.127 e. The van der Waals surface area contributed by atoms with Gasteiger partial charge in [-0.05, 0) is 30.0 Å². The molecular formula is C13H16BrF. The van der Waals surface area contributed by atoms with Crippen molar-refractivity contribution in [1.29, 1.82) is 0 Å². The Labute approximate surface area is 99.0 Å². The second-order valence-electron chi connectivity index (χ2n) is 4.44. The van der Waals surface area contributed by atoms with Crippen LogP contribution < -0.4 is 0 Å². The van der Waals surface area contributed by atoms with Crippen LogP contribution in [0.25, 0.3) is 0 Å². The largest absolute Gasteiger partial charge is 0.207 e. The first-order valence-electron chi connectivity index (χ1n) is 5.69. The van der Waals surface area contributed by atoms with Crippen LogP contribution in [0.4, 0.5) is 4.39 Å². The predicted molar refractivity (Wildman–Crippen MR) is 64.4 cm³/mol. The summed E-state index contributed by atoms with van der Waals surface area (Å²) in [6.07, 6.45) is 7.47. The lowest BCUT2D eigenvalue weighted by Gasteiger charge is -2.21. The molecule has 0 spiro atoms. The van der Waals surface area contributed by atoms with Crippen molar-refractivity contribution >= 4 is 15.9 Å². The van der Waals surface area contributed by atoms with E-state index in [1.165, 1.54) is 32.1 Å². The van der Waals surface area contributed by atoms with E-state index >= 15 is 0 Å². The highest BCUT2D eigenvalue weighted by Crippen LogP contribution is 2.28. The van der Waals surface area contributed by atoms with Gasteiger partial charge in [0.2, 0.25) is 0 Å². The van der Waals surface area contributed by atoms with Crippen molar-refractivity contribution in [3.63, 3.8) is 0 Å². The molecule has 1 aliphatic rings. The van der Waals surface area contributed by atoms with E-state index in [1.807, 2.05) is 12.1 Å². The molecule has 2 heteroatoms. The zero-order chi connectivity index (χ0) is 10.7. The summed E-state index contributed by atoms with van der Waals surface area (Å²) in [4.78, 5) is 0. The van der Waals surface area contributed by atoms with Crippen molar-refractivity contribution in [2.75, 3.05) is 0 Å². The Hall–Kier alpha value is -0.370. The molecule has 0 N–H and O–H groups in total. The first-order valence-corrected chi connectivity index (χ1v) is 6.49. The van der Waals surface area contributed by atoms with Crippen LogP contribution in [-0.4, -0.2) is 0 Å². The molecule has 0 bridgehead atoms. The number of hydrogen-bond donors (Lipinski definition) is 0. The summed E-state index contributed by atoms with van der Waals surface area (Å²) in [5.74, 6) is 0.643. The van der Waals surface area contributed by atoms with E-state index in [1.54, 1.807) is 6.07 Å². The smallest absolute Gasteiger partial charge is 0.127 e. The second kappa shape index (κ2) is 5.11. The summed E-state index contributed by atoms with van der Waals surface area (Å²) in [5, 5.41) is 0. The molecule has 0 aromatic heterocycles. The summed E-state index contributed by atoms with van der Waals surface area (Å²) in [7, 11) is 0.